The van der Waals surface area contributed by atoms with Crippen LogP contribution in [0.4, 0.5) is 0 Å². The van der Waals surface area contributed by atoms with Crippen LogP contribution < -0.4 is 5.73 Å². The van der Waals surface area contributed by atoms with Gasteiger partial charge in [-0.05, 0) is 24.3 Å². The molecule has 2 N–H and O–H groups in total. The first-order valence-electron chi connectivity index (χ1n) is 6.86. The molecule has 0 saturated heterocycles. The van der Waals surface area contributed by atoms with Crippen LogP contribution in [-0.2, 0) is 6.54 Å². The van der Waals surface area contributed by atoms with E-state index < -0.39 is 0 Å². The Labute approximate surface area is 109 Å². The summed E-state index contributed by atoms with van der Waals surface area (Å²) in [6, 6.07) is 5.15. The summed E-state index contributed by atoms with van der Waals surface area (Å²) < 4.78 is 0. The van der Waals surface area contributed by atoms with E-state index in [1.165, 1.54) is 43.4 Å². The molecule has 1 aliphatic carbocycles. The minimum Gasteiger partial charge on any atom is -0.329 e. The number of hydrogen-bond donors (Lipinski definition) is 1. The van der Waals surface area contributed by atoms with Crippen molar-refractivity contribution in [3.8, 4) is 0 Å². The van der Waals surface area contributed by atoms with Gasteiger partial charge < -0.3 is 5.73 Å². The van der Waals surface area contributed by atoms with Crippen LogP contribution >= 0.6 is 11.3 Å². The summed E-state index contributed by atoms with van der Waals surface area (Å²) >= 11 is 1.86. The Morgan fingerprint density at radius 2 is 2.00 bits per heavy atom. The SMILES string of the molecule is NCCN(Cc1cccs1)C1CCCCCC1. The lowest BCUT2D eigenvalue weighted by molar-refractivity contribution is 0.177. The second-order valence-electron chi connectivity index (χ2n) is 4.98. The number of rotatable bonds is 5. The van der Waals surface area contributed by atoms with Gasteiger partial charge in [-0.3, -0.25) is 4.90 Å². The van der Waals surface area contributed by atoms with Gasteiger partial charge in [0.25, 0.3) is 0 Å². The monoisotopic (exact) mass is 252 g/mol. The van der Waals surface area contributed by atoms with Gasteiger partial charge in [0, 0.05) is 30.6 Å². The van der Waals surface area contributed by atoms with E-state index in [9.17, 15) is 0 Å². The standard InChI is InChI=1S/C14H24N2S/c15-9-10-16(12-14-8-5-11-17-14)13-6-3-1-2-4-7-13/h5,8,11,13H,1-4,6-7,9-10,12,15H2. The highest BCUT2D eigenvalue weighted by atomic mass is 32.1. The second kappa shape index (κ2) is 7.14. The van der Waals surface area contributed by atoms with Crippen molar-refractivity contribution in [2.45, 2.75) is 51.1 Å². The number of nitrogens with zero attached hydrogens (tertiary/aromatic N) is 1. The van der Waals surface area contributed by atoms with Gasteiger partial charge >= 0.3 is 0 Å². The maximum absolute atomic E-state index is 5.77. The first-order chi connectivity index (χ1) is 8.40. The summed E-state index contributed by atoms with van der Waals surface area (Å²) in [5.74, 6) is 0. The van der Waals surface area contributed by atoms with E-state index in [-0.39, 0.29) is 0 Å². The Morgan fingerprint density at radius 3 is 2.59 bits per heavy atom. The largest absolute Gasteiger partial charge is 0.329 e. The van der Waals surface area contributed by atoms with Crippen molar-refractivity contribution < 1.29 is 0 Å². The summed E-state index contributed by atoms with van der Waals surface area (Å²) in [4.78, 5) is 4.08. The first-order valence-corrected chi connectivity index (χ1v) is 7.74. The molecule has 1 saturated carbocycles. The molecular weight excluding hydrogens is 228 g/mol. The van der Waals surface area contributed by atoms with Gasteiger partial charge in [-0.25, -0.2) is 0 Å². The third-order valence-corrected chi connectivity index (χ3v) is 4.56. The van der Waals surface area contributed by atoms with Crippen molar-refractivity contribution in [3.05, 3.63) is 22.4 Å². The minimum absolute atomic E-state index is 0.767. The molecule has 0 atom stereocenters. The Bertz CT molecular complexity index is 289. The van der Waals surface area contributed by atoms with Crippen molar-refractivity contribution in [2.24, 2.45) is 5.73 Å². The Kier molecular flexibility index (Phi) is 5.49. The van der Waals surface area contributed by atoms with Crippen LogP contribution in [0, 0.1) is 0 Å². The summed E-state index contributed by atoms with van der Waals surface area (Å²) in [5, 5.41) is 2.17. The zero-order chi connectivity index (χ0) is 11.9. The van der Waals surface area contributed by atoms with Crippen molar-refractivity contribution in [1.82, 2.24) is 4.90 Å². The molecule has 17 heavy (non-hydrogen) atoms. The molecule has 0 aromatic carbocycles. The Morgan fingerprint density at radius 1 is 1.24 bits per heavy atom. The maximum atomic E-state index is 5.77. The fraction of sp³-hybridized carbons (Fsp3) is 0.714. The molecule has 1 aromatic heterocycles. The predicted octanol–water partition coefficient (Wildman–Crippen LogP) is 3.23. The number of nitrogens with two attached hydrogens (primary N) is 1. The lowest BCUT2D eigenvalue weighted by Crippen LogP contribution is -2.37. The fourth-order valence-electron chi connectivity index (χ4n) is 2.78. The van der Waals surface area contributed by atoms with Crippen LogP contribution in [0.1, 0.15) is 43.4 Å². The molecule has 1 heterocycles. The molecule has 1 aliphatic rings. The van der Waals surface area contributed by atoms with Gasteiger partial charge in [0.1, 0.15) is 0 Å². The molecule has 3 heteroatoms. The zero-order valence-electron chi connectivity index (χ0n) is 10.6. The van der Waals surface area contributed by atoms with E-state index in [0.717, 1.165) is 25.7 Å². The molecule has 96 valence electrons. The Hall–Kier alpha value is -0.380. The molecule has 2 rings (SSSR count). The van der Waals surface area contributed by atoms with E-state index in [1.807, 2.05) is 11.3 Å². The highest BCUT2D eigenvalue weighted by Gasteiger charge is 2.19. The molecule has 0 radical (unpaired) electrons. The second-order valence-corrected chi connectivity index (χ2v) is 6.02. The lowest BCUT2D eigenvalue weighted by Gasteiger charge is -2.30. The van der Waals surface area contributed by atoms with Gasteiger partial charge in [-0.1, -0.05) is 31.7 Å². The van der Waals surface area contributed by atoms with E-state index in [4.69, 9.17) is 5.73 Å². The minimum atomic E-state index is 0.767. The predicted molar refractivity (Wildman–Crippen MR) is 75.3 cm³/mol. The van der Waals surface area contributed by atoms with Crippen LogP contribution in [0.3, 0.4) is 0 Å². The van der Waals surface area contributed by atoms with Gasteiger partial charge in [0.2, 0.25) is 0 Å². The summed E-state index contributed by atoms with van der Waals surface area (Å²) in [7, 11) is 0. The highest BCUT2D eigenvalue weighted by molar-refractivity contribution is 7.09. The van der Waals surface area contributed by atoms with Crippen LogP contribution in [0.5, 0.6) is 0 Å². The van der Waals surface area contributed by atoms with E-state index in [0.29, 0.717) is 0 Å². The topological polar surface area (TPSA) is 29.3 Å². The van der Waals surface area contributed by atoms with Crippen LogP contribution in [-0.4, -0.2) is 24.0 Å². The molecule has 0 bridgehead atoms. The van der Waals surface area contributed by atoms with E-state index in [2.05, 4.69) is 22.4 Å². The van der Waals surface area contributed by atoms with Crippen LogP contribution in [0.15, 0.2) is 17.5 Å². The van der Waals surface area contributed by atoms with Crippen molar-refractivity contribution >= 4 is 11.3 Å². The quantitative estimate of drug-likeness (QED) is 0.815. The first kappa shape index (κ1) is 13.1. The van der Waals surface area contributed by atoms with Gasteiger partial charge in [-0.2, -0.15) is 0 Å². The molecule has 1 aromatic rings. The van der Waals surface area contributed by atoms with Crippen molar-refractivity contribution in [2.75, 3.05) is 13.1 Å². The molecular formula is C14H24N2S. The number of thiophene rings is 1. The van der Waals surface area contributed by atoms with E-state index >= 15 is 0 Å². The van der Waals surface area contributed by atoms with Gasteiger partial charge in [-0.15, -0.1) is 11.3 Å². The molecule has 0 unspecified atom stereocenters. The van der Waals surface area contributed by atoms with Gasteiger partial charge in [0.05, 0.1) is 0 Å². The van der Waals surface area contributed by atoms with Crippen molar-refractivity contribution in [3.63, 3.8) is 0 Å². The van der Waals surface area contributed by atoms with Crippen molar-refractivity contribution in [1.29, 1.82) is 0 Å². The third kappa shape index (κ3) is 4.09. The molecule has 0 spiro atoms. The third-order valence-electron chi connectivity index (χ3n) is 3.70. The van der Waals surface area contributed by atoms with Crippen LogP contribution in [0.25, 0.3) is 0 Å². The number of hydrogen-bond acceptors (Lipinski definition) is 3. The smallest absolute Gasteiger partial charge is 0.0331 e. The van der Waals surface area contributed by atoms with Gasteiger partial charge in [0.15, 0.2) is 0 Å². The average Bonchev–Trinajstić information content (AvgIpc) is 2.69. The van der Waals surface area contributed by atoms with E-state index in [1.54, 1.807) is 0 Å². The molecule has 0 aliphatic heterocycles. The summed E-state index contributed by atoms with van der Waals surface area (Å²) in [5.41, 5.74) is 5.77. The summed E-state index contributed by atoms with van der Waals surface area (Å²) in [6.45, 7) is 2.92. The fourth-order valence-corrected chi connectivity index (χ4v) is 3.51. The molecule has 1 fully saturated rings. The maximum Gasteiger partial charge on any atom is 0.0331 e. The van der Waals surface area contributed by atoms with Crippen LogP contribution in [0.2, 0.25) is 0 Å². The Balaban J connectivity index is 1.94. The normalized spacial score (nSPS) is 18.5. The molecule has 2 nitrogen and oxygen atoms in total. The zero-order valence-corrected chi connectivity index (χ0v) is 11.4. The molecule has 0 amide bonds. The summed E-state index contributed by atoms with van der Waals surface area (Å²) in [6.07, 6.45) is 8.38. The highest BCUT2D eigenvalue weighted by Crippen LogP contribution is 2.24. The lowest BCUT2D eigenvalue weighted by atomic mass is 10.1. The average molecular weight is 252 g/mol.